The molecule has 1 aromatic carbocycles. The molecule has 0 aromatic heterocycles. The van der Waals surface area contributed by atoms with Crippen LogP contribution in [0.1, 0.15) is 30.7 Å². The van der Waals surface area contributed by atoms with E-state index in [0.717, 1.165) is 12.0 Å². The Balaban J connectivity index is 1.43. The number of benzene rings is 1. The van der Waals surface area contributed by atoms with E-state index in [1.807, 2.05) is 24.3 Å². The summed E-state index contributed by atoms with van der Waals surface area (Å²) in [5, 5.41) is 16.7. The highest BCUT2D eigenvalue weighted by Crippen LogP contribution is 2.41. The van der Waals surface area contributed by atoms with Crippen LogP contribution in [-0.4, -0.2) is 42.5 Å². The number of rotatable bonds is 4. The van der Waals surface area contributed by atoms with Gasteiger partial charge in [0.1, 0.15) is 0 Å². The second kappa shape index (κ2) is 6.44. The fourth-order valence-corrected chi connectivity index (χ4v) is 3.05. The van der Waals surface area contributed by atoms with E-state index in [4.69, 9.17) is 16.3 Å². The second-order valence-corrected chi connectivity index (χ2v) is 6.60. The lowest BCUT2D eigenvalue weighted by Crippen LogP contribution is -2.49. The number of hydrogen-bond acceptors (Lipinski definition) is 3. The zero-order chi connectivity index (χ0) is 15.6. The number of amides is 2. The average molecular weight is 325 g/mol. The van der Waals surface area contributed by atoms with E-state index in [-0.39, 0.29) is 18.6 Å². The molecule has 0 bridgehead atoms. The lowest BCUT2D eigenvalue weighted by Gasteiger charge is -2.32. The molecule has 3 N–H and O–H groups in total. The molecule has 2 amide bonds. The van der Waals surface area contributed by atoms with Gasteiger partial charge >= 0.3 is 6.03 Å². The summed E-state index contributed by atoms with van der Waals surface area (Å²) in [6.45, 7) is 1.34. The number of hydrogen-bond donors (Lipinski definition) is 3. The first kappa shape index (κ1) is 15.6. The monoisotopic (exact) mass is 324 g/mol. The summed E-state index contributed by atoms with van der Waals surface area (Å²) in [7, 11) is 0. The van der Waals surface area contributed by atoms with Crippen molar-refractivity contribution < 1.29 is 14.6 Å². The zero-order valence-electron chi connectivity index (χ0n) is 12.3. The van der Waals surface area contributed by atoms with Crippen molar-refractivity contribution in [3.63, 3.8) is 0 Å². The summed E-state index contributed by atoms with van der Waals surface area (Å²) in [4.78, 5) is 11.9. The number of carbonyl (C=O) groups is 1. The van der Waals surface area contributed by atoms with Crippen LogP contribution < -0.4 is 10.6 Å². The Labute approximate surface area is 135 Å². The summed E-state index contributed by atoms with van der Waals surface area (Å²) < 4.78 is 5.22. The minimum atomic E-state index is -0.842. The van der Waals surface area contributed by atoms with Crippen molar-refractivity contribution in [2.45, 2.75) is 36.8 Å². The largest absolute Gasteiger partial charge is 0.388 e. The molecule has 1 aliphatic heterocycles. The summed E-state index contributed by atoms with van der Waals surface area (Å²) in [6, 6.07) is 7.65. The van der Waals surface area contributed by atoms with Gasteiger partial charge < -0.3 is 20.5 Å². The third-order valence-electron chi connectivity index (χ3n) is 4.39. The van der Waals surface area contributed by atoms with E-state index in [1.54, 1.807) is 0 Å². The van der Waals surface area contributed by atoms with E-state index in [9.17, 15) is 9.90 Å². The van der Waals surface area contributed by atoms with Gasteiger partial charge in [0.05, 0.1) is 5.60 Å². The Hall–Kier alpha value is -1.30. The highest BCUT2D eigenvalue weighted by Gasteiger charge is 2.40. The van der Waals surface area contributed by atoms with Gasteiger partial charge in [0.15, 0.2) is 0 Å². The number of nitrogens with one attached hydrogen (secondary N) is 2. The Bertz CT molecular complexity index is 546. The molecular formula is C16H21ClN2O3. The van der Waals surface area contributed by atoms with Gasteiger partial charge in [0, 0.05) is 49.6 Å². The van der Waals surface area contributed by atoms with Crippen LogP contribution in [0.3, 0.4) is 0 Å². The fraction of sp³-hybridized carbons (Fsp3) is 0.562. The molecule has 1 aromatic rings. The standard InChI is InChI=1S/C16H21ClN2O3/c17-12-3-1-2-11(8-12)13-9-14(13)19-15(20)18-10-16(21)4-6-22-7-5-16/h1-3,8,13-14,21H,4-7,9-10H2,(H2,18,19,20). The molecule has 2 fully saturated rings. The number of aliphatic hydroxyl groups is 1. The summed E-state index contributed by atoms with van der Waals surface area (Å²) >= 11 is 5.98. The van der Waals surface area contributed by atoms with Crippen molar-refractivity contribution in [3.8, 4) is 0 Å². The molecule has 2 unspecified atom stereocenters. The van der Waals surface area contributed by atoms with Gasteiger partial charge in [-0.05, 0) is 24.1 Å². The SMILES string of the molecule is O=C(NCC1(O)CCOCC1)NC1CC1c1cccc(Cl)c1. The van der Waals surface area contributed by atoms with Crippen LogP contribution in [0.2, 0.25) is 5.02 Å². The minimum absolute atomic E-state index is 0.141. The van der Waals surface area contributed by atoms with E-state index in [1.165, 1.54) is 0 Å². The maximum atomic E-state index is 11.9. The van der Waals surface area contributed by atoms with Gasteiger partial charge in [-0.25, -0.2) is 4.79 Å². The zero-order valence-corrected chi connectivity index (χ0v) is 13.1. The summed E-state index contributed by atoms with van der Waals surface area (Å²) in [5.41, 5.74) is 0.312. The van der Waals surface area contributed by atoms with Crippen molar-refractivity contribution in [2.75, 3.05) is 19.8 Å². The molecule has 6 heteroatoms. The van der Waals surface area contributed by atoms with E-state index < -0.39 is 5.60 Å². The van der Waals surface area contributed by atoms with Gasteiger partial charge in [-0.3, -0.25) is 0 Å². The number of ether oxygens (including phenoxy) is 1. The number of carbonyl (C=O) groups excluding carboxylic acids is 1. The van der Waals surface area contributed by atoms with Crippen LogP contribution in [0.25, 0.3) is 0 Å². The smallest absolute Gasteiger partial charge is 0.315 e. The third kappa shape index (κ3) is 3.91. The molecule has 0 spiro atoms. The highest BCUT2D eigenvalue weighted by atomic mass is 35.5. The van der Waals surface area contributed by atoms with Crippen molar-refractivity contribution in [1.82, 2.24) is 10.6 Å². The molecular weight excluding hydrogens is 304 g/mol. The first-order valence-electron chi connectivity index (χ1n) is 7.66. The first-order chi connectivity index (χ1) is 10.6. The minimum Gasteiger partial charge on any atom is -0.388 e. The average Bonchev–Trinajstić information content (AvgIpc) is 3.25. The maximum absolute atomic E-state index is 11.9. The molecule has 120 valence electrons. The maximum Gasteiger partial charge on any atom is 0.315 e. The third-order valence-corrected chi connectivity index (χ3v) is 4.62. The van der Waals surface area contributed by atoms with Crippen LogP contribution in [-0.2, 0) is 4.74 Å². The Morgan fingerprint density at radius 3 is 2.91 bits per heavy atom. The summed E-state index contributed by atoms with van der Waals surface area (Å²) in [5.74, 6) is 0.329. The predicted octanol–water partition coefficient (Wildman–Crippen LogP) is 2.04. The van der Waals surface area contributed by atoms with Gasteiger partial charge in [0.25, 0.3) is 0 Å². The molecule has 1 saturated heterocycles. The lowest BCUT2D eigenvalue weighted by atomic mass is 9.94. The Morgan fingerprint density at radius 2 is 2.18 bits per heavy atom. The molecule has 2 aliphatic rings. The second-order valence-electron chi connectivity index (χ2n) is 6.17. The molecule has 1 aliphatic carbocycles. The van der Waals surface area contributed by atoms with E-state index in [2.05, 4.69) is 10.6 Å². The van der Waals surface area contributed by atoms with Crippen LogP contribution >= 0.6 is 11.6 Å². The van der Waals surface area contributed by atoms with Gasteiger partial charge in [-0.1, -0.05) is 23.7 Å². The molecule has 1 heterocycles. The molecule has 0 radical (unpaired) electrons. The van der Waals surface area contributed by atoms with Crippen molar-refractivity contribution in [1.29, 1.82) is 0 Å². The molecule has 5 nitrogen and oxygen atoms in total. The molecule has 1 saturated carbocycles. The van der Waals surface area contributed by atoms with Gasteiger partial charge in [0.2, 0.25) is 0 Å². The first-order valence-corrected chi connectivity index (χ1v) is 8.03. The van der Waals surface area contributed by atoms with E-state index >= 15 is 0 Å². The number of halogens is 1. The van der Waals surface area contributed by atoms with Crippen molar-refractivity contribution in [2.24, 2.45) is 0 Å². The van der Waals surface area contributed by atoms with Crippen LogP contribution in [0.15, 0.2) is 24.3 Å². The predicted molar refractivity (Wildman–Crippen MR) is 84.1 cm³/mol. The van der Waals surface area contributed by atoms with Crippen LogP contribution in [0, 0.1) is 0 Å². The quantitative estimate of drug-likeness (QED) is 0.793. The Morgan fingerprint density at radius 1 is 1.41 bits per heavy atom. The van der Waals surface area contributed by atoms with Crippen molar-refractivity contribution >= 4 is 17.6 Å². The summed E-state index contributed by atoms with van der Waals surface area (Å²) in [6.07, 6.45) is 2.04. The molecule has 3 rings (SSSR count). The normalized spacial score (nSPS) is 26.3. The lowest BCUT2D eigenvalue weighted by molar-refractivity contribution is -0.0600. The van der Waals surface area contributed by atoms with Crippen LogP contribution in [0.4, 0.5) is 4.79 Å². The van der Waals surface area contributed by atoms with Crippen LogP contribution in [0.5, 0.6) is 0 Å². The van der Waals surface area contributed by atoms with Gasteiger partial charge in [-0.15, -0.1) is 0 Å². The highest BCUT2D eigenvalue weighted by molar-refractivity contribution is 6.30. The molecule has 2 atom stereocenters. The topological polar surface area (TPSA) is 70.6 Å². The van der Waals surface area contributed by atoms with E-state index in [0.29, 0.717) is 37.0 Å². The fourth-order valence-electron chi connectivity index (χ4n) is 2.85. The molecule has 22 heavy (non-hydrogen) atoms. The Kier molecular flexibility index (Phi) is 4.57. The van der Waals surface area contributed by atoms with Crippen molar-refractivity contribution in [3.05, 3.63) is 34.9 Å². The van der Waals surface area contributed by atoms with Gasteiger partial charge in [-0.2, -0.15) is 0 Å². The number of urea groups is 1.